The van der Waals surface area contributed by atoms with Crippen LogP contribution in [0.15, 0.2) is 12.1 Å². The number of nitrogens with one attached hydrogen (secondary N) is 1. The molecule has 0 bridgehead atoms. The third-order valence-electron chi connectivity index (χ3n) is 3.44. The van der Waals surface area contributed by atoms with Gasteiger partial charge in [-0.2, -0.15) is 0 Å². The highest BCUT2D eigenvalue weighted by molar-refractivity contribution is 5.95. The Morgan fingerprint density at radius 2 is 2.25 bits per heavy atom. The summed E-state index contributed by atoms with van der Waals surface area (Å²) in [7, 11) is 0. The molecule has 108 valence electrons. The number of non-ortho nitro benzene ring substituents is 1. The van der Waals surface area contributed by atoms with Gasteiger partial charge >= 0.3 is 0 Å². The molecule has 7 heteroatoms. The lowest BCUT2D eigenvalue weighted by Gasteiger charge is -2.34. The van der Waals surface area contributed by atoms with Crippen LogP contribution in [-0.4, -0.2) is 41.4 Å². The summed E-state index contributed by atoms with van der Waals surface area (Å²) in [5.74, 6) is -1.19. The number of halogens is 1. The standard InChI is InChI=1S/C13H16FN3O3/c1-8-5-10(17(19)20)6-11(12(8)14)13(18)16-4-3-15-7-9(16)2/h5-6,9,15H,3-4,7H2,1-2H3. The van der Waals surface area contributed by atoms with Crippen LogP contribution in [0.3, 0.4) is 0 Å². The van der Waals surface area contributed by atoms with Gasteiger partial charge in [0.1, 0.15) is 5.82 Å². The topological polar surface area (TPSA) is 75.5 Å². The van der Waals surface area contributed by atoms with E-state index in [9.17, 15) is 19.3 Å². The molecule has 1 heterocycles. The summed E-state index contributed by atoms with van der Waals surface area (Å²) < 4.78 is 14.1. The van der Waals surface area contributed by atoms with Gasteiger partial charge in [-0.05, 0) is 19.4 Å². The lowest BCUT2D eigenvalue weighted by atomic mass is 10.1. The van der Waals surface area contributed by atoms with E-state index < -0.39 is 16.6 Å². The van der Waals surface area contributed by atoms with Crippen molar-refractivity contribution in [1.82, 2.24) is 10.2 Å². The molecule has 0 saturated carbocycles. The normalized spacial score (nSPS) is 18.9. The Kier molecular flexibility index (Phi) is 3.99. The van der Waals surface area contributed by atoms with Crippen LogP contribution in [0.1, 0.15) is 22.8 Å². The van der Waals surface area contributed by atoms with Gasteiger partial charge in [-0.3, -0.25) is 14.9 Å². The predicted octanol–water partition coefficient (Wildman–Crippen LogP) is 1.48. The fraction of sp³-hybridized carbons (Fsp3) is 0.462. The van der Waals surface area contributed by atoms with E-state index in [1.54, 1.807) is 0 Å². The number of carbonyl (C=O) groups excluding carboxylic acids is 1. The third kappa shape index (κ3) is 2.62. The van der Waals surface area contributed by atoms with E-state index in [2.05, 4.69) is 5.32 Å². The Bertz CT molecular complexity index is 562. The number of hydrogen-bond acceptors (Lipinski definition) is 4. The molecule has 1 saturated heterocycles. The number of aryl methyl sites for hydroxylation is 1. The minimum atomic E-state index is -0.689. The number of piperazine rings is 1. The summed E-state index contributed by atoms with van der Waals surface area (Å²) in [6.45, 7) is 4.99. The second-order valence-corrected chi connectivity index (χ2v) is 4.93. The lowest BCUT2D eigenvalue weighted by Crippen LogP contribution is -2.52. The molecule has 1 aliphatic rings. The first kappa shape index (κ1) is 14.4. The monoisotopic (exact) mass is 281 g/mol. The number of amides is 1. The molecule has 0 radical (unpaired) electrons. The van der Waals surface area contributed by atoms with Crippen molar-refractivity contribution < 1.29 is 14.1 Å². The molecule has 0 spiro atoms. The third-order valence-corrected chi connectivity index (χ3v) is 3.44. The number of nitro groups is 1. The Balaban J connectivity index is 2.40. The van der Waals surface area contributed by atoms with Crippen molar-refractivity contribution in [3.05, 3.63) is 39.2 Å². The van der Waals surface area contributed by atoms with Gasteiger partial charge in [0.2, 0.25) is 0 Å². The molecule has 1 aliphatic heterocycles. The van der Waals surface area contributed by atoms with Crippen LogP contribution in [0.5, 0.6) is 0 Å². The largest absolute Gasteiger partial charge is 0.333 e. The van der Waals surface area contributed by atoms with Gasteiger partial charge < -0.3 is 10.2 Å². The van der Waals surface area contributed by atoms with E-state index in [0.29, 0.717) is 19.6 Å². The van der Waals surface area contributed by atoms with Crippen LogP contribution in [0.25, 0.3) is 0 Å². The molecule has 1 N–H and O–H groups in total. The second kappa shape index (κ2) is 5.54. The van der Waals surface area contributed by atoms with Gasteiger partial charge in [-0.25, -0.2) is 4.39 Å². The van der Waals surface area contributed by atoms with Crippen molar-refractivity contribution in [3.8, 4) is 0 Å². The number of rotatable bonds is 2. The fourth-order valence-electron chi connectivity index (χ4n) is 2.31. The minimum Gasteiger partial charge on any atom is -0.333 e. The van der Waals surface area contributed by atoms with Crippen LogP contribution < -0.4 is 5.32 Å². The zero-order chi connectivity index (χ0) is 14.9. The smallest absolute Gasteiger partial charge is 0.270 e. The number of benzene rings is 1. The lowest BCUT2D eigenvalue weighted by molar-refractivity contribution is -0.385. The molecule has 0 aliphatic carbocycles. The fourth-order valence-corrected chi connectivity index (χ4v) is 2.31. The average Bonchev–Trinajstić information content (AvgIpc) is 2.41. The van der Waals surface area contributed by atoms with Crippen LogP contribution in [0.2, 0.25) is 0 Å². The first-order valence-corrected chi connectivity index (χ1v) is 6.38. The summed E-state index contributed by atoms with van der Waals surface area (Å²) in [5, 5.41) is 14.0. The number of carbonyl (C=O) groups is 1. The van der Waals surface area contributed by atoms with E-state index in [0.717, 1.165) is 12.1 Å². The SMILES string of the molecule is Cc1cc([N+](=O)[O-])cc(C(=O)N2CCNCC2C)c1F. The number of hydrogen-bond donors (Lipinski definition) is 1. The van der Waals surface area contributed by atoms with Crippen molar-refractivity contribution in [2.45, 2.75) is 19.9 Å². The molecule has 1 fully saturated rings. The van der Waals surface area contributed by atoms with E-state index in [1.165, 1.54) is 11.8 Å². The van der Waals surface area contributed by atoms with Crippen molar-refractivity contribution in [3.63, 3.8) is 0 Å². The Labute approximate surface area is 115 Å². The summed E-state index contributed by atoms with van der Waals surface area (Å²) in [4.78, 5) is 24.1. The molecule has 2 rings (SSSR count). The zero-order valence-electron chi connectivity index (χ0n) is 11.4. The molecular weight excluding hydrogens is 265 g/mol. The molecular formula is C13H16FN3O3. The van der Waals surface area contributed by atoms with Crippen LogP contribution in [0.4, 0.5) is 10.1 Å². The highest BCUT2D eigenvalue weighted by Crippen LogP contribution is 2.23. The molecule has 1 aromatic carbocycles. The number of nitro benzene ring substituents is 1. The van der Waals surface area contributed by atoms with Gasteiger partial charge in [0.25, 0.3) is 11.6 Å². The van der Waals surface area contributed by atoms with Crippen molar-refractivity contribution in [1.29, 1.82) is 0 Å². The summed E-state index contributed by atoms with van der Waals surface area (Å²) in [6.07, 6.45) is 0. The van der Waals surface area contributed by atoms with Gasteiger partial charge in [0.15, 0.2) is 0 Å². The van der Waals surface area contributed by atoms with Gasteiger partial charge in [0, 0.05) is 37.8 Å². The quantitative estimate of drug-likeness (QED) is 0.658. The molecule has 1 atom stereocenters. The van der Waals surface area contributed by atoms with E-state index >= 15 is 0 Å². The van der Waals surface area contributed by atoms with Gasteiger partial charge in [-0.15, -0.1) is 0 Å². The zero-order valence-corrected chi connectivity index (χ0v) is 11.4. The molecule has 1 amide bonds. The first-order valence-electron chi connectivity index (χ1n) is 6.38. The molecule has 1 aromatic rings. The first-order chi connectivity index (χ1) is 9.41. The van der Waals surface area contributed by atoms with Crippen molar-refractivity contribution in [2.75, 3.05) is 19.6 Å². The molecule has 0 aromatic heterocycles. The highest BCUT2D eigenvalue weighted by Gasteiger charge is 2.28. The Morgan fingerprint density at radius 1 is 1.55 bits per heavy atom. The maximum absolute atomic E-state index is 14.1. The van der Waals surface area contributed by atoms with Crippen molar-refractivity contribution >= 4 is 11.6 Å². The molecule has 1 unspecified atom stereocenters. The summed E-state index contributed by atoms with van der Waals surface area (Å²) in [5.41, 5.74) is -0.397. The van der Waals surface area contributed by atoms with Crippen LogP contribution in [-0.2, 0) is 0 Å². The highest BCUT2D eigenvalue weighted by atomic mass is 19.1. The van der Waals surface area contributed by atoms with Gasteiger partial charge in [0.05, 0.1) is 10.5 Å². The average molecular weight is 281 g/mol. The maximum atomic E-state index is 14.1. The van der Waals surface area contributed by atoms with E-state index in [1.807, 2.05) is 6.92 Å². The van der Waals surface area contributed by atoms with Crippen molar-refractivity contribution in [2.24, 2.45) is 0 Å². The van der Waals surface area contributed by atoms with Crippen LogP contribution >= 0.6 is 0 Å². The second-order valence-electron chi connectivity index (χ2n) is 4.93. The molecule has 6 nitrogen and oxygen atoms in total. The maximum Gasteiger partial charge on any atom is 0.270 e. The van der Waals surface area contributed by atoms with Crippen LogP contribution in [0, 0.1) is 22.9 Å². The van der Waals surface area contributed by atoms with Gasteiger partial charge in [-0.1, -0.05) is 0 Å². The molecule has 20 heavy (non-hydrogen) atoms. The minimum absolute atomic E-state index is 0.0739. The Hall–Kier alpha value is -2.02. The Morgan fingerprint density at radius 3 is 2.85 bits per heavy atom. The summed E-state index contributed by atoms with van der Waals surface area (Å²) >= 11 is 0. The number of nitrogens with zero attached hydrogens (tertiary/aromatic N) is 2. The van der Waals surface area contributed by atoms with E-state index in [4.69, 9.17) is 0 Å². The predicted molar refractivity (Wildman–Crippen MR) is 71.2 cm³/mol. The summed E-state index contributed by atoms with van der Waals surface area (Å²) in [6, 6.07) is 2.07. The van der Waals surface area contributed by atoms with E-state index in [-0.39, 0.29) is 22.9 Å².